The number of thioether (sulfide) groups is 1. The van der Waals surface area contributed by atoms with Crippen LogP contribution in [0.3, 0.4) is 0 Å². The van der Waals surface area contributed by atoms with Crippen molar-refractivity contribution in [1.29, 1.82) is 0 Å². The largest absolute Gasteiger partial charge is 0.477 e. The summed E-state index contributed by atoms with van der Waals surface area (Å²) in [5.74, 6) is 0.641. The molecule has 6 heteroatoms. The van der Waals surface area contributed by atoms with Crippen LogP contribution in [-0.2, 0) is 4.79 Å². The van der Waals surface area contributed by atoms with Crippen LogP contribution in [0.25, 0.3) is 0 Å². The number of rotatable bonds is 5. The minimum Gasteiger partial charge on any atom is -0.477 e. The highest BCUT2D eigenvalue weighted by atomic mass is 32.2. The van der Waals surface area contributed by atoms with E-state index >= 15 is 0 Å². The number of nitrogens with one attached hydrogen (secondary N) is 1. The quantitative estimate of drug-likeness (QED) is 0.813. The van der Waals surface area contributed by atoms with E-state index in [1.807, 2.05) is 0 Å². The first-order valence-corrected chi connectivity index (χ1v) is 9.08. The van der Waals surface area contributed by atoms with Crippen LogP contribution >= 0.6 is 23.1 Å². The highest BCUT2D eigenvalue weighted by molar-refractivity contribution is 8.00. The Morgan fingerprint density at radius 3 is 2.86 bits per heavy atom. The zero-order chi connectivity index (χ0) is 15.4. The minimum absolute atomic E-state index is 0.0361. The summed E-state index contributed by atoms with van der Waals surface area (Å²) in [6.07, 6.45) is 3.48. The Labute approximate surface area is 133 Å². The average molecular weight is 327 g/mol. The first-order chi connectivity index (χ1) is 9.97. The summed E-state index contributed by atoms with van der Waals surface area (Å²) in [7, 11) is 0. The molecule has 1 saturated carbocycles. The third-order valence-electron chi connectivity index (χ3n) is 4.21. The van der Waals surface area contributed by atoms with E-state index in [4.69, 9.17) is 5.11 Å². The van der Waals surface area contributed by atoms with Crippen LogP contribution in [0, 0.1) is 11.8 Å². The molecule has 0 radical (unpaired) electrons. The maximum absolute atomic E-state index is 12.0. The molecule has 1 aromatic heterocycles. The molecule has 0 aliphatic heterocycles. The first kappa shape index (κ1) is 16.4. The molecule has 1 aliphatic rings. The molecule has 2 rings (SSSR count). The maximum Gasteiger partial charge on any atom is 0.345 e. The van der Waals surface area contributed by atoms with Gasteiger partial charge in [-0.05, 0) is 24.3 Å². The SMILES string of the molecule is CC1CCCC(NC(=O)CSc2csc(C(=O)O)c2)C1C. The van der Waals surface area contributed by atoms with E-state index in [2.05, 4.69) is 19.2 Å². The molecule has 1 amide bonds. The second-order valence-electron chi connectivity index (χ2n) is 5.68. The van der Waals surface area contributed by atoms with Gasteiger partial charge < -0.3 is 10.4 Å². The first-order valence-electron chi connectivity index (χ1n) is 7.21. The summed E-state index contributed by atoms with van der Waals surface area (Å²) in [6.45, 7) is 4.45. The van der Waals surface area contributed by atoms with Gasteiger partial charge in [-0.25, -0.2) is 4.79 Å². The molecule has 0 aromatic carbocycles. The summed E-state index contributed by atoms with van der Waals surface area (Å²) >= 11 is 2.59. The fourth-order valence-electron chi connectivity index (χ4n) is 2.69. The van der Waals surface area contributed by atoms with Gasteiger partial charge in [0.25, 0.3) is 0 Å². The number of hydrogen-bond donors (Lipinski definition) is 2. The lowest BCUT2D eigenvalue weighted by Gasteiger charge is -2.34. The summed E-state index contributed by atoms with van der Waals surface area (Å²) in [5.41, 5.74) is 0. The normalized spacial score (nSPS) is 25.5. The summed E-state index contributed by atoms with van der Waals surface area (Å²) in [5, 5.41) is 13.8. The Hall–Kier alpha value is -1.01. The van der Waals surface area contributed by atoms with Crippen molar-refractivity contribution in [3.63, 3.8) is 0 Å². The number of carbonyl (C=O) groups is 2. The predicted molar refractivity (Wildman–Crippen MR) is 86.1 cm³/mol. The van der Waals surface area contributed by atoms with Gasteiger partial charge in [0, 0.05) is 16.3 Å². The highest BCUT2D eigenvalue weighted by Gasteiger charge is 2.27. The Balaban J connectivity index is 1.80. The smallest absolute Gasteiger partial charge is 0.345 e. The van der Waals surface area contributed by atoms with Gasteiger partial charge in [-0.15, -0.1) is 23.1 Å². The van der Waals surface area contributed by atoms with Crippen LogP contribution < -0.4 is 5.32 Å². The van der Waals surface area contributed by atoms with E-state index in [1.54, 1.807) is 11.4 Å². The van der Waals surface area contributed by atoms with Gasteiger partial charge in [-0.3, -0.25) is 4.79 Å². The molecule has 3 unspecified atom stereocenters. The zero-order valence-electron chi connectivity index (χ0n) is 12.3. The molecule has 3 atom stereocenters. The van der Waals surface area contributed by atoms with Crippen LogP contribution in [0.1, 0.15) is 42.8 Å². The van der Waals surface area contributed by atoms with Crippen LogP contribution in [0.4, 0.5) is 0 Å². The van der Waals surface area contributed by atoms with E-state index in [0.717, 1.165) is 11.3 Å². The van der Waals surface area contributed by atoms with Gasteiger partial charge in [0.15, 0.2) is 0 Å². The molecule has 4 nitrogen and oxygen atoms in total. The minimum atomic E-state index is -0.915. The maximum atomic E-state index is 12.0. The Morgan fingerprint density at radius 1 is 1.43 bits per heavy atom. The lowest BCUT2D eigenvalue weighted by atomic mass is 9.78. The second-order valence-corrected chi connectivity index (χ2v) is 7.64. The van der Waals surface area contributed by atoms with Crippen molar-refractivity contribution in [1.82, 2.24) is 5.32 Å². The van der Waals surface area contributed by atoms with E-state index < -0.39 is 5.97 Å². The van der Waals surface area contributed by atoms with Crippen molar-refractivity contribution in [2.24, 2.45) is 11.8 Å². The standard InChI is InChI=1S/C15H21NO3S2/c1-9-4-3-5-12(10(9)2)16-14(17)8-20-11-6-13(15(18)19)21-7-11/h6-7,9-10,12H,3-5,8H2,1-2H3,(H,16,17)(H,18,19). The summed E-state index contributed by atoms with van der Waals surface area (Å²) in [4.78, 5) is 24.0. The molecular formula is C15H21NO3S2. The van der Waals surface area contributed by atoms with Gasteiger partial charge >= 0.3 is 5.97 Å². The Bertz CT molecular complexity index is 515. The summed E-state index contributed by atoms with van der Waals surface area (Å²) in [6, 6.07) is 1.90. The van der Waals surface area contributed by atoms with Crippen LogP contribution in [0.2, 0.25) is 0 Å². The van der Waals surface area contributed by atoms with Gasteiger partial charge in [0.05, 0.1) is 5.75 Å². The molecule has 1 heterocycles. The zero-order valence-corrected chi connectivity index (χ0v) is 13.9. The summed E-state index contributed by atoms with van der Waals surface area (Å²) < 4.78 is 0. The van der Waals surface area contributed by atoms with E-state index in [0.29, 0.717) is 22.5 Å². The van der Waals surface area contributed by atoms with Gasteiger partial charge in [0.1, 0.15) is 4.88 Å². The number of amides is 1. The molecule has 116 valence electrons. The number of hydrogen-bond acceptors (Lipinski definition) is 4. The lowest BCUT2D eigenvalue weighted by molar-refractivity contribution is -0.120. The van der Waals surface area contributed by atoms with Crippen molar-refractivity contribution in [3.8, 4) is 0 Å². The van der Waals surface area contributed by atoms with Crippen molar-refractivity contribution in [2.45, 2.75) is 44.0 Å². The van der Waals surface area contributed by atoms with Gasteiger partial charge in [-0.1, -0.05) is 26.7 Å². The van der Waals surface area contributed by atoms with Crippen molar-refractivity contribution < 1.29 is 14.7 Å². The number of carboxylic acid groups (broad SMARTS) is 1. The number of thiophene rings is 1. The average Bonchev–Trinajstić information content (AvgIpc) is 2.91. The van der Waals surface area contributed by atoms with Crippen molar-refractivity contribution in [2.75, 3.05) is 5.75 Å². The lowest BCUT2D eigenvalue weighted by Crippen LogP contribution is -2.44. The molecular weight excluding hydrogens is 306 g/mol. The van der Waals surface area contributed by atoms with E-state index in [-0.39, 0.29) is 11.9 Å². The molecule has 1 aromatic rings. The van der Waals surface area contributed by atoms with Crippen molar-refractivity contribution >= 4 is 35.0 Å². The second kappa shape index (κ2) is 7.31. The number of carbonyl (C=O) groups excluding carboxylic acids is 1. The molecule has 1 fully saturated rings. The Kier molecular flexibility index (Phi) is 5.70. The third-order valence-corrected chi connectivity index (χ3v) is 6.25. The Morgan fingerprint density at radius 2 is 2.19 bits per heavy atom. The number of aromatic carboxylic acids is 1. The molecule has 2 N–H and O–H groups in total. The van der Waals surface area contributed by atoms with E-state index in [9.17, 15) is 9.59 Å². The molecule has 0 spiro atoms. The van der Waals surface area contributed by atoms with Crippen LogP contribution in [0.15, 0.2) is 16.3 Å². The molecule has 1 aliphatic carbocycles. The molecule has 0 saturated heterocycles. The number of carboxylic acids is 1. The third kappa shape index (κ3) is 4.48. The van der Waals surface area contributed by atoms with Crippen LogP contribution in [0.5, 0.6) is 0 Å². The molecule has 0 bridgehead atoms. The van der Waals surface area contributed by atoms with E-state index in [1.165, 1.54) is 35.9 Å². The fraction of sp³-hybridized carbons (Fsp3) is 0.600. The van der Waals surface area contributed by atoms with Crippen LogP contribution in [-0.4, -0.2) is 28.8 Å². The molecule has 21 heavy (non-hydrogen) atoms. The van der Waals surface area contributed by atoms with Gasteiger partial charge in [0.2, 0.25) is 5.91 Å². The van der Waals surface area contributed by atoms with Crippen molar-refractivity contribution in [3.05, 3.63) is 16.3 Å². The fourth-order valence-corrected chi connectivity index (χ4v) is 4.37. The monoisotopic (exact) mass is 327 g/mol. The highest BCUT2D eigenvalue weighted by Crippen LogP contribution is 2.30. The topological polar surface area (TPSA) is 66.4 Å². The predicted octanol–water partition coefficient (Wildman–Crippen LogP) is 3.48. The van der Waals surface area contributed by atoms with Gasteiger partial charge in [-0.2, -0.15) is 0 Å².